The van der Waals surface area contributed by atoms with Crippen molar-refractivity contribution >= 4 is 44.4 Å². The average molecular weight is 452 g/mol. The van der Waals surface area contributed by atoms with Gasteiger partial charge >= 0.3 is 11.6 Å². The Kier molecular flexibility index (Phi) is 4.98. The molecule has 0 bridgehead atoms. The van der Waals surface area contributed by atoms with Gasteiger partial charge in [-0.15, -0.1) is 0 Å². The topological polar surface area (TPSA) is 109 Å². The highest BCUT2D eigenvalue weighted by molar-refractivity contribution is 7.16. The largest absolute Gasteiger partial charge is 0.486 e. The van der Waals surface area contributed by atoms with Crippen molar-refractivity contribution in [3.8, 4) is 11.5 Å². The molecule has 0 atom stereocenters. The Balaban J connectivity index is 1.67. The minimum absolute atomic E-state index is 0.172. The molecule has 0 saturated heterocycles. The molecule has 0 N–H and O–H groups in total. The molecule has 0 fully saturated rings. The van der Waals surface area contributed by atoms with E-state index in [-0.39, 0.29) is 16.9 Å². The summed E-state index contributed by atoms with van der Waals surface area (Å²) in [7, 11) is 1.28. The first-order valence-electron chi connectivity index (χ1n) is 9.65. The Morgan fingerprint density at radius 3 is 2.66 bits per heavy atom. The maximum absolute atomic E-state index is 12.9. The minimum atomic E-state index is -0.782. The van der Waals surface area contributed by atoms with E-state index in [0.29, 0.717) is 41.2 Å². The van der Waals surface area contributed by atoms with Crippen LogP contribution < -0.4 is 19.9 Å². The van der Waals surface area contributed by atoms with Crippen molar-refractivity contribution in [2.75, 3.05) is 20.3 Å². The highest BCUT2D eigenvalue weighted by atomic mass is 32.1. The van der Waals surface area contributed by atoms with Gasteiger partial charge in [-0.25, -0.2) is 4.79 Å². The van der Waals surface area contributed by atoms with Crippen LogP contribution in [0.25, 0.3) is 21.2 Å². The molecule has 0 radical (unpaired) electrons. The summed E-state index contributed by atoms with van der Waals surface area (Å²) in [6.45, 7) is 0.668. The van der Waals surface area contributed by atoms with Crippen LogP contribution in [-0.2, 0) is 16.1 Å². The van der Waals surface area contributed by atoms with E-state index < -0.39 is 17.5 Å². The SMILES string of the molecule is COC(=O)Cn1c(=NC(=O)c2cc3ccccc3oc2=O)sc2cc3c(cc21)OCCO3. The van der Waals surface area contributed by atoms with Crippen molar-refractivity contribution in [2.24, 2.45) is 4.99 Å². The number of esters is 1. The number of hydrogen-bond donors (Lipinski definition) is 0. The highest BCUT2D eigenvalue weighted by Crippen LogP contribution is 2.35. The number of hydrogen-bond acceptors (Lipinski definition) is 8. The Bertz CT molecular complexity index is 1510. The van der Waals surface area contributed by atoms with E-state index in [1.165, 1.54) is 24.5 Å². The fourth-order valence-corrected chi connectivity index (χ4v) is 4.43. The van der Waals surface area contributed by atoms with Crippen LogP contribution in [0.5, 0.6) is 11.5 Å². The van der Waals surface area contributed by atoms with Gasteiger partial charge in [0.15, 0.2) is 16.3 Å². The number of nitrogens with zero attached hydrogens (tertiary/aromatic N) is 2. The third-order valence-corrected chi connectivity index (χ3v) is 5.97. The number of methoxy groups -OCH3 is 1. The maximum Gasteiger partial charge on any atom is 0.349 e. The third-order valence-electron chi connectivity index (χ3n) is 4.93. The lowest BCUT2D eigenvalue weighted by molar-refractivity contribution is -0.141. The van der Waals surface area contributed by atoms with Gasteiger partial charge in [0, 0.05) is 17.5 Å². The lowest BCUT2D eigenvalue weighted by Gasteiger charge is -2.18. The predicted molar refractivity (Wildman–Crippen MR) is 115 cm³/mol. The molecule has 32 heavy (non-hydrogen) atoms. The fourth-order valence-electron chi connectivity index (χ4n) is 3.40. The first-order chi connectivity index (χ1) is 15.5. The third kappa shape index (κ3) is 3.54. The zero-order chi connectivity index (χ0) is 22.2. The predicted octanol–water partition coefficient (Wildman–Crippen LogP) is 2.49. The average Bonchev–Trinajstić information content (AvgIpc) is 3.12. The Hall–Kier alpha value is -3.92. The van der Waals surface area contributed by atoms with Crippen molar-refractivity contribution in [3.05, 3.63) is 63.2 Å². The molecule has 4 aromatic rings. The van der Waals surface area contributed by atoms with Crippen LogP contribution in [0.4, 0.5) is 0 Å². The zero-order valence-corrected chi connectivity index (χ0v) is 17.6. The Morgan fingerprint density at radius 1 is 1.12 bits per heavy atom. The summed E-state index contributed by atoms with van der Waals surface area (Å²) in [5.74, 6) is -0.179. The molecular formula is C22H16N2O7S. The Morgan fingerprint density at radius 2 is 1.88 bits per heavy atom. The van der Waals surface area contributed by atoms with Crippen LogP contribution in [0.15, 0.2) is 56.7 Å². The van der Waals surface area contributed by atoms with Gasteiger partial charge in [0.25, 0.3) is 5.91 Å². The molecule has 0 unspecified atom stereocenters. The second-order valence-electron chi connectivity index (χ2n) is 6.91. The summed E-state index contributed by atoms with van der Waals surface area (Å²) in [6.07, 6.45) is 0. The van der Waals surface area contributed by atoms with Crippen molar-refractivity contribution in [2.45, 2.75) is 6.54 Å². The zero-order valence-electron chi connectivity index (χ0n) is 16.8. The number of para-hydroxylation sites is 1. The molecule has 2 aromatic heterocycles. The number of amides is 1. The lowest BCUT2D eigenvalue weighted by Crippen LogP contribution is -2.23. The first-order valence-corrected chi connectivity index (χ1v) is 10.5. The molecule has 5 rings (SSSR count). The molecule has 3 heterocycles. The quantitative estimate of drug-likeness (QED) is 0.347. The van der Waals surface area contributed by atoms with E-state index in [1.807, 2.05) is 0 Å². The van der Waals surface area contributed by atoms with Crippen LogP contribution in [0.2, 0.25) is 0 Å². The summed E-state index contributed by atoms with van der Waals surface area (Å²) >= 11 is 1.18. The summed E-state index contributed by atoms with van der Waals surface area (Å²) in [4.78, 5) is 41.7. The number of fused-ring (bicyclic) bond motifs is 3. The molecule has 1 aliphatic rings. The van der Waals surface area contributed by atoms with Crippen LogP contribution >= 0.6 is 11.3 Å². The van der Waals surface area contributed by atoms with E-state index in [0.717, 1.165) is 4.70 Å². The van der Waals surface area contributed by atoms with E-state index in [2.05, 4.69) is 4.99 Å². The second-order valence-corrected chi connectivity index (χ2v) is 7.92. The molecule has 2 aromatic carbocycles. The summed E-state index contributed by atoms with van der Waals surface area (Å²) in [6, 6.07) is 11.8. The van der Waals surface area contributed by atoms with Crippen molar-refractivity contribution in [1.82, 2.24) is 4.57 Å². The van der Waals surface area contributed by atoms with Crippen molar-refractivity contribution < 1.29 is 28.2 Å². The van der Waals surface area contributed by atoms with Crippen LogP contribution in [-0.4, -0.2) is 36.8 Å². The van der Waals surface area contributed by atoms with Gasteiger partial charge in [-0.05, 0) is 12.1 Å². The van der Waals surface area contributed by atoms with Gasteiger partial charge in [-0.1, -0.05) is 29.5 Å². The van der Waals surface area contributed by atoms with Crippen LogP contribution in [0.3, 0.4) is 0 Å². The van der Waals surface area contributed by atoms with Gasteiger partial charge in [-0.2, -0.15) is 4.99 Å². The number of thiazole rings is 1. The number of ether oxygens (including phenoxy) is 3. The van der Waals surface area contributed by atoms with Crippen molar-refractivity contribution in [3.63, 3.8) is 0 Å². The number of aromatic nitrogens is 1. The van der Waals surface area contributed by atoms with Crippen molar-refractivity contribution in [1.29, 1.82) is 0 Å². The fraction of sp³-hybridized carbons (Fsp3) is 0.182. The van der Waals surface area contributed by atoms with Gasteiger partial charge in [-0.3, -0.25) is 9.59 Å². The molecule has 162 valence electrons. The number of carbonyl (C=O) groups is 2. The minimum Gasteiger partial charge on any atom is -0.486 e. The summed E-state index contributed by atoms with van der Waals surface area (Å²) in [5.41, 5.74) is 0.0241. The van der Waals surface area contributed by atoms with Gasteiger partial charge in [0.1, 0.15) is 30.9 Å². The smallest absolute Gasteiger partial charge is 0.349 e. The van der Waals surface area contributed by atoms with Gasteiger partial charge in [0.05, 0.1) is 17.3 Å². The first kappa shape index (κ1) is 20.0. The summed E-state index contributed by atoms with van der Waals surface area (Å²) < 4.78 is 23.6. The molecule has 0 saturated carbocycles. The highest BCUT2D eigenvalue weighted by Gasteiger charge is 2.19. The second kappa shape index (κ2) is 7.97. The molecule has 9 nitrogen and oxygen atoms in total. The van der Waals surface area contributed by atoms with E-state index in [1.54, 1.807) is 41.0 Å². The lowest BCUT2D eigenvalue weighted by atomic mass is 10.2. The van der Waals surface area contributed by atoms with E-state index in [9.17, 15) is 14.4 Å². The molecular weight excluding hydrogens is 436 g/mol. The monoisotopic (exact) mass is 452 g/mol. The van der Waals surface area contributed by atoms with E-state index >= 15 is 0 Å². The summed E-state index contributed by atoms with van der Waals surface area (Å²) in [5, 5.41) is 0.603. The van der Waals surface area contributed by atoms with Crippen LogP contribution in [0.1, 0.15) is 10.4 Å². The standard InChI is InChI=1S/C22H16N2O7S/c1-28-19(25)11-24-14-9-16-17(30-7-6-29-16)10-18(14)32-22(24)23-20(26)13-8-12-4-2-3-5-15(12)31-21(13)27/h2-5,8-10H,6-7,11H2,1H3. The maximum atomic E-state index is 12.9. The molecule has 10 heteroatoms. The van der Waals surface area contributed by atoms with Gasteiger partial charge in [0.2, 0.25) is 0 Å². The Labute approximate surface area is 184 Å². The molecule has 0 spiro atoms. The molecule has 1 aliphatic heterocycles. The van der Waals surface area contributed by atoms with E-state index in [4.69, 9.17) is 18.6 Å². The molecule has 0 aliphatic carbocycles. The molecule has 1 amide bonds. The normalized spacial score (nSPS) is 13.5. The number of carbonyl (C=O) groups excluding carboxylic acids is 2. The number of benzene rings is 2. The van der Waals surface area contributed by atoms with Crippen LogP contribution in [0, 0.1) is 0 Å². The number of rotatable bonds is 3. The van der Waals surface area contributed by atoms with Gasteiger partial charge < -0.3 is 23.2 Å².